The van der Waals surface area contributed by atoms with Gasteiger partial charge in [-0.05, 0) is 37.9 Å². The Morgan fingerprint density at radius 1 is 1.00 bits per heavy atom. The number of benzene rings is 1. The minimum absolute atomic E-state index is 0.0492. The van der Waals surface area contributed by atoms with Crippen LogP contribution < -0.4 is 25.3 Å². The Hall–Kier alpha value is -1.46. The Morgan fingerprint density at radius 3 is 2.10 bits per heavy atom. The van der Waals surface area contributed by atoms with Crippen LogP contribution in [0.1, 0.15) is 24.4 Å². The lowest BCUT2D eigenvalue weighted by molar-refractivity contribution is 0.309. The van der Waals surface area contributed by atoms with Gasteiger partial charge in [-0.25, -0.2) is 0 Å². The van der Waals surface area contributed by atoms with Crippen LogP contribution in [-0.2, 0) is 0 Å². The van der Waals surface area contributed by atoms with Gasteiger partial charge in [-0.1, -0.05) is 0 Å². The maximum Gasteiger partial charge on any atom is 0.164 e. The van der Waals surface area contributed by atoms with Crippen molar-refractivity contribution in [3.63, 3.8) is 0 Å². The first-order valence-electron chi connectivity index (χ1n) is 6.97. The zero-order valence-corrected chi connectivity index (χ0v) is 12.4. The van der Waals surface area contributed by atoms with Gasteiger partial charge in [-0.3, -0.25) is 0 Å². The molecule has 5 nitrogen and oxygen atoms in total. The molecule has 1 aromatic carbocycles. The first-order chi connectivity index (χ1) is 9.71. The van der Waals surface area contributed by atoms with E-state index in [9.17, 15) is 0 Å². The summed E-state index contributed by atoms with van der Waals surface area (Å²) in [5.74, 6) is 2.57. The quantitative estimate of drug-likeness (QED) is 0.859. The minimum Gasteiger partial charge on any atom is -0.496 e. The monoisotopic (exact) mass is 280 g/mol. The minimum atomic E-state index is -0.0492. The van der Waals surface area contributed by atoms with Gasteiger partial charge in [0.05, 0.1) is 21.3 Å². The van der Waals surface area contributed by atoms with Crippen molar-refractivity contribution < 1.29 is 14.2 Å². The highest BCUT2D eigenvalue weighted by atomic mass is 16.5. The van der Waals surface area contributed by atoms with E-state index in [1.807, 2.05) is 12.1 Å². The van der Waals surface area contributed by atoms with Gasteiger partial charge in [0.1, 0.15) is 5.75 Å². The molecule has 0 unspecified atom stereocenters. The normalized spacial score (nSPS) is 17.6. The van der Waals surface area contributed by atoms with E-state index in [1.54, 1.807) is 21.3 Å². The molecule has 0 saturated carbocycles. The van der Waals surface area contributed by atoms with Crippen LogP contribution in [0.2, 0.25) is 0 Å². The summed E-state index contributed by atoms with van der Waals surface area (Å²) in [4.78, 5) is 0. The zero-order valence-electron chi connectivity index (χ0n) is 12.4. The van der Waals surface area contributed by atoms with Crippen LogP contribution in [0.5, 0.6) is 17.2 Å². The molecule has 5 heteroatoms. The summed E-state index contributed by atoms with van der Waals surface area (Å²) in [5.41, 5.74) is 7.44. The number of rotatable bonds is 5. The van der Waals surface area contributed by atoms with Crippen LogP contribution in [0.15, 0.2) is 12.1 Å². The summed E-state index contributed by atoms with van der Waals surface area (Å²) < 4.78 is 16.1. The van der Waals surface area contributed by atoms with Gasteiger partial charge < -0.3 is 25.3 Å². The Kier molecular flexibility index (Phi) is 5.09. The molecule has 1 aliphatic rings. The van der Waals surface area contributed by atoms with Gasteiger partial charge in [0.25, 0.3) is 0 Å². The fourth-order valence-corrected chi connectivity index (χ4v) is 2.77. The number of hydrogen-bond donors (Lipinski definition) is 2. The molecule has 20 heavy (non-hydrogen) atoms. The molecule has 3 N–H and O–H groups in total. The SMILES string of the molecule is COc1cc(OC)c([C@H](N)C2CCNCC2)cc1OC. The van der Waals surface area contributed by atoms with Gasteiger partial charge in [-0.2, -0.15) is 0 Å². The highest BCUT2D eigenvalue weighted by Gasteiger charge is 2.25. The predicted molar refractivity (Wildman–Crippen MR) is 78.6 cm³/mol. The molecule has 0 bridgehead atoms. The fraction of sp³-hybridized carbons (Fsp3) is 0.600. The second-order valence-corrected chi connectivity index (χ2v) is 5.06. The lowest BCUT2D eigenvalue weighted by Gasteiger charge is -2.29. The smallest absolute Gasteiger partial charge is 0.164 e. The van der Waals surface area contributed by atoms with Crippen molar-refractivity contribution in [2.24, 2.45) is 11.7 Å². The van der Waals surface area contributed by atoms with Crippen molar-refractivity contribution >= 4 is 0 Å². The van der Waals surface area contributed by atoms with E-state index >= 15 is 0 Å². The molecule has 2 rings (SSSR count). The van der Waals surface area contributed by atoms with Crippen LogP contribution in [-0.4, -0.2) is 34.4 Å². The Bertz CT molecular complexity index is 445. The maximum absolute atomic E-state index is 6.46. The zero-order chi connectivity index (χ0) is 14.5. The highest BCUT2D eigenvalue weighted by molar-refractivity contribution is 5.52. The molecule has 1 aromatic rings. The fourth-order valence-electron chi connectivity index (χ4n) is 2.77. The molecule has 0 aromatic heterocycles. The van der Waals surface area contributed by atoms with E-state index in [0.717, 1.165) is 37.2 Å². The van der Waals surface area contributed by atoms with E-state index in [1.165, 1.54) is 0 Å². The van der Waals surface area contributed by atoms with Gasteiger partial charge in [0, 0.05) is 17.7 Å². The molecular weight excluding hydrogens is 256 g/mol. The molecule has 0 aliphatic carbocycles. The van der Waals surface area contributed by atoms with Gasteiger partial charge in [-0.15, -0.1) is 0 Å². The molecule has 0 amide bonds. The number of nitrogens with one attached hydrogen (secondary N) is 1. The molecule has 1 atom stereocenters. The van der Waals surface area contributed by atoms with Crippen molar-refractivity contribution in [1.82, 2.24) is 5.32 Å². The average molecular weight is 280 g/mol. The van der Waals surface area contributed by atoms with Crippen LogP contribution in [0.4, 0.5) is 0 Å². The number of nitrogens with two attached hydrogens (primary N) is 1. The van der Waals surface area contributed by atoms with Crippen LogP contribution in [0, 0.1) is 5.92 Å². The summed E-state index contributed by atoms with van der Waals surface area (Å²) in [5, 5.41) is 3.36. The standard InChI is InChI=1S/C15H24N2O3/c1-18-12-9-14(20-3)13(19-2)8-11(12)15(16)10-4-6-17-7-5-10/h8-10,15,17H,4-7,16H2,1-3H3/t15-/m1/s1. The van der Waals surface area contributed by atoms with E-state index < -0.39 is 0 Å². The third kappa shape index (κ3) is 2.99. The summed E-state index contributed by atoms with van der Waals surface area (Å²) >= 11 is 0. The molecule has 112 valence electrons. The first-order valence-corrected chi connectivity index (χ1v) is 6.97. The second-order valence-electron chi connectivity index (χ2n) is 5.06. The summed E-state index contributed by atoms with van der Waals surface area (Å²) in [6.07, 6.45) is 2.16. The number of methoxy groups -OCH3 is 3. The number of ether oxygens (including phenoxy) is 3. The van der Waals surface area contributed by atoms with Crippen molar-refractivity contribution in [3.8, 4) is 17.2 Å². The van der Waals surface area contributed by atoms with Crippen molar-refractivity contribution in [2.75, 3.05) is 34.4 Å². The van der Waals surface area contributed by atoms with E-state index in [2.05, 4.69) is 5.32 Å². The lowest BCUT2D eigenvalue weighted by Crippen LogP contribution is -2.34. The third-order valence-electron chi connectivity index (χ3n) is 3.99. The molecule has 1 fully saturated rings. The Labute approximate surface area is 120 Å². The first kappa shape index (κ1) is 14.9. The molecule has 1 saturated heterocycles. The average Bonchev–Trinajstić information content (AvgIpc) is 2.53. The lowest BCUT2D eigenvalue weighted by atomic mass is 9.86. The Balaban J connectivity index is 2.32. The highest BCUT2D eigenvalue weighted by Crippen LogP contribution is 2.40. The number of piperidine rings is 1. The Morgan fingerprint density at radius 2 is 1.55 bits per heavy atom. The maximum atomic E-state index is 6.46. The molecule has 0 radical (unpaired) electrons. The summed E-state index contributed by atoms with van der Waals surface area (Å²) in [6.45, 7) is 2.04. The van der Waals surface area contributed by atoms with Gasteiger partial charge in [0.2, 0.25) is 0 Å². The van der Waals surface area contributed by atoms with Gasteiger partial charge in [0.15, 0.2) is 11.5 Å². The van der Waals surface area contributed by atoms with Crippen LogP contribution >= 0.6 is 0 Å². The molecule has 1 heterocycles. The topological polar surface area (TPSA) is 65.7 Å². The van der Waals surface area contributed by atoms with Crippen molar-refractivity contribution in [1.29, 1.82) is 0 Å². The van der Waals surface area contributed by atoms with E-state index in [4.69, 9.17) is 19.9 Å². The predicted octanol–water partition coefficient (Wildman–Crippen LogP) is 1.71. The van der Waals surface area contributed by atoms with Crippen molar-refractivity contribution in [3.05, 3.63) is 17.7 Å². The molecule has 1 aliphatic heterocycles. The summed E-state index contributed by atoms with van der Waals surface area (Å²) in [7, 11) is 4.90. The van der Waals surface area contributed by atoms with E-state index in [0.29, 0.717) is 17.4 Å². The van der Waals surface area contributed by atoms with E-state index in [-0.39, 0.29) is 6.04 Å². The van der Waals surface area contributed by atoms with Crippen LogP contribution in [0.3, 0.4) is 0 Å². The van der Waals surface area contributed by atoms with Crippen LogP contribution in [0.25, 0.3) is 0 Å². The summed E-state index contributed by atoms with van der Waals surface area (Å²) in [6, 6.07) is 3.73. The molecular formula is C15H24N2O3. The van der Waals surface area contributed by atoms with Gasteiger partial charge >= 0.3 is 0 Å². The largest absolute Gasteiger partial charge is 0.496 e. The van der Waals surface area contributed by atoms with Crippen molar-refractivity contribution in [2.45, 2.75) is 18.9 Å². The number of hydrogen-bond acceptors (Lipinski definition) is 5. The second kappa shape index (κ2) is 6.81. The third-order valence-corrected chi connectivity index (χ3v) is 3.99. The molecule has 0 spiro atoms.